The van der Waals surface area contributed by atoms with E-state index in [-0.39, 0.29) is 15.5 Å². The number of nitrogens with one attached hydrogen (secondary N) is 1. The Balaban J connectivity index is 1.88. The van der Waals surface area contributed by atoms with Crippen molar-refractivity contribution in [1.29, 1.82) is 0 Å². The summed E-state index contributed by atoms with van der Waals surface area (Å²) in [5, 5.41) is 2.64. The Morgan fingerprint density at radius 2 is 1.81 bits per heavy atom. The van der Waals surface area contributed by atoms with E-state index in [1.54, 1.807) is 19.1 Å². The SMILES string of the molecule is Cc1ccc(NC(=O)c2ccc(Cl)c(S(=O)(=O)N3CCCCC3)c2)cc1F. The van der Waals surface area contributed by atoms with Gasteiger partial charge in [-0.05, 0) is 55.7 Å². The molecule has 8 heteroatoms. The van der Waals surface area contributed by atoms with Crippen LogP contribution in [-0.2, 0) is 10.0 Å². The number of benzene rings is 2. The van der Waals surface area contributed by atoms with Crippen LogP contribution >= 0.6 is 11.6 Å². The molecule has 1 heterocycles. The van der Waals surface area contributed by atoms with Crippen LogP contribution in [-0.4, -0.2) is 31.7 Å². The Labute approximate surface area is 163 Å². The summed E-state index contributed by atoms with van der Waals surface area (Å²) in [5.41, 5.74) is 0.892. The van der Waals surface area contributed by atoms with Gasteiger partial charge in [0.05, 0.1) is 5.02 Å². The van der Waals surface area contributed by atoms with E-state index >= 15 is 0 Å². The van der Waals surface area contributed by atoms with Gasteiger partial charge >= 0.3 is 0 Å². The molecule has 0 radical (unpaired) electrons. The van der Waals surface area contributed by atoms with E-state index < -0.39 is 21.7 Å². The van der Waals surface area contributed by atoms with Crippen LogP contribution in [0.3, 0.4) is 0 Å². The molecule has 5 nitrogen and oxygen atoms in total. The Morgan fingerprint density at radius 3 is 2.48 bits per heavy atom. The van der Waals surface area contributed by atoms with Crippen molar-refractivity contribution in [3.63, 3.8) is 0 Å². The van der Waals surface area contributed by atoms with Crippen LogP contribution in [0.15, 0.2) is 41.3 Å². The van der Waals surface area contributed by atoms with Gasteiger partial charge in [0.2, 0.25) is 10.0 Å². The minimum Gasteiger partial charge on any atom is -0.322 e. The quantitative estimate of drug-likeness (QED) is 0.820. The van der Waals surface area contributed by atoms with Gasteiger partial charge in [-0.3, -0.25) is 4.79 Å². The number of aryl methyl sites for hydroxylation is 1. The van der Waals surface area contributed by atoms with Gasteiger partial charge in [-0.25, -0.2) is 12.8 Å². The first-order valence-corrected chi connectivity index (χ1v) is 10.5. The molecule has 0 spiro atoms. The smallest absolute Gasteiger partial charge is 0.255 e. The molecule has 0 aliphatic carbocycles. The summed E-state index contributed by atoms with van der Waals surface area (Å²) in [6.45, 7) is 2.51. The molecule has 0 bridgehead atoms. The van der Waals surface area contributed by atoms with E-state index in [0.717, 1.165) is 19.3 Å². The topological polar surface area (TPSA) is 66.5 Å². The second-order valence-electron chi connectivity index (χ2n) is 6.53. The van der Waals surface area contributed by atoms with Crippen LogP contribution in [0.25, 0.3) is 0 Å². The van der Waals surface area contributed by atoms with Crippen molar-refractivity contribution < 1.29 is 17.6 Å². The highest BCUT2D eigenvalue weighted by Crippen LogP contribution is 2.28. The lowest BCUT2D eigenvalue weighted by molar-refractivity contribution is 0.102. The molecule has 27 heavy (non-hydrogen) atoms. The van der Waals surface area contributed by atoms with E-state index in [9.17, 15) is 17.6 Å². The Hall–Kier alpha value is -1.96. The third-order valence-corrected chi connectivity index (χ3v) is 6.94. The van der Waals surface area contributed by atoms with Crippen LogP contribution in [0, 0.1) is 12.7 Å². The summed E-state index contributed by atoms with van der Waals surface area (Å²) in [4.78, 5) is 12.4. The number of nitrogens with zero attached hydrogens (tertiary/aromatic N) is 1. The summed E-state index contributed by atoms with van der Waals surface area (Å²) in [6.07, 6.45) is 2.60. The zero-order chi connectivity index (χ0) is 19.6. The maximum atomic E-state index is 13.7. The van der Waals surface area contributed by atoms with Crippen molar-refractivity contribution in [1.82, 2.24) is 4.31 Å². The third-order valence-electron chi connectivity index (χ3n) is 4.56. The zero-order valence-corrected chi connectivity index (χ0v) is 16.4. The number of hydrogen-bond acceptors (Lipinski definition) is 3. The fourth-order valence-electron chi connectivity index (χ4n) is 2.96. The summed E-state index contributed by atoms with van der Waals surface area (Å²) >= 11 is 6.12. The predicted molar refractivity (Wildman–Crippen MR) is 103 cm³/mol. The van der Waals surface area contributed by atoms with Crippen LogP contribution in [0.1, 0.15) is 35.2 Å². The molecule has 1 amide bonds. The first-order chi connectivity index (χ1) is 12.8. The molecule has 0 saturated carbocycles. The monoisotopic (exact) mass is 410 g/mol. The molecule has 1 aliphatic rings. The second kappa shape index (κ2) is 7.96. The van der Waals surface area contributed by atoms with E-state index in [1.165, 1.54) is 28.6 Å². The maximum absolute atomic E-state index is 13.7. The minimum atomic E-state index is -3.77. The molecule has 2 aromatic rings. The van der Waals surface area contributed by atoms with E-state index in [2.05, 4.69) is 5.32 Å². The van der Waals surface area contributed by atoms with Crippen molar-refractivity contribution in [3.8, 4) is 0 Å². The number of hydrogen-bond donors (Lipinski definition) is 1. The van der Waals surface area contributed by atoms with Gasteiger partial charge in [-0.2, -0.15) is 4.31 Å². The zero-order valence-electron chi connectivity index (χ0n) is 14.8. The molecule has 144 valence electrons. The van der Waals surface area contributed by atoms with Crippen molar-refractivity contribution in [3.05, 3.63) is 58.4 Å². The molecule has 2 aromatic carbocycles. The summed E-state index contributed by atoms with van der Waals surface area (Å²) in [5.74, 6) is -0.970. The van der Waals surface area contributed by atoms with Gasteiger partial charge in [0.1, 0.15) is 10.7 Å². The Bertz CT molecular complexity index is 973. The molecule has 0 aromatic heterocycles. The standard InChI is InChI=1S/C19H20ClFN2O3S/c1-13-5-7-15(12-17(13)21)22-19(24)14-6-8-16(20)18(11-14)27(25,26)23-9-3-2-4-10-23/h5-8,11-12H,2-4,9-10H2,1H3,(H,22,24). The first kappa shape index (κ1) is 19.8. The second-order valence-corrected chi connectivity index (χ2v) is 8.84. The van der Waals surface area contributed by atoms with Crippen LogP contribution in [0.5, 0.6) is 0 Å². The largest absolute Gasteiger partial charge is 0.322 e. The molecule has 0 unspecified atom stereocenters. The number of piperidine rings is 1. The fraction of sp³-hybridized carbons (Fsp3) is 0.316. The average molecular weight is 411 g/mol. The van der Waals surface area contributed by atoms with Gasteiger partial charge in [0.15, 0.2) is 0 Å². The summed E-state index contributed by atoms with van der Waals surface area (Å²) in [7, 11) is -3.77. The normalized spacial score (nSPS) is 15.5. The third kappa shape index (κ3) is 4.31. The molecule has 1 fully saturated rings. The Morgan fingerprint density at radius 1 is 1.11 bits per heavy atom. The molecular weight excluding hydrogens is 391 g/mol. The van der Waals surface area contributed by atoms with E-state index in [4.69, 9.17) is 11.6 Å². The highest BCUT2D eigenvalue weighted by atomic mass is 35.5. The number of anilines is 1. The van der Waals surface area contributed by atoms with Gasteiger partial charge in [-0.1, -0.05) is 24.1 Å². The number of carbonyl (C=O) groups is 1. The van der Waals surface area contributed by atoms with Crippen LogP contribution < -0.4 is 5.32 Å². The van der Waals surface area contributed by atoms with E-state index in [0.29, 0.717) is 24.3 Å². The van der Waals surface area contributed by atoms with Gasteiger partial charge in [0.25, 0.3) is 5.91 Å². The average Bonchev–Trinajstić information content (AvgIpc) is 2.65. The first-order valence-electron chi connectivity index (χ1n) is 8.66. The van der Waals surface area contributed by atoms with Crippen LogP contribution in [0.4, 0.5) is 10.1 Å². The number of rotatable bonds is 4. The van der Waals surface area contributed by atoms with Gasteiger partial charge < -0.3 is 5.32 Å². The molecule has 3 rings (SSSR count). The maximum Gasteiger partial charge on any atom is 0.255 e. The number of halogens is 2. The number of carbonyl (C=O) groups excluding carboxylic acids is 1. The molecular formula is C19H20ClFN2O3S. The highest BCUT2D eigenvalue weighted by Gasteiger charge is 2.28. The molecule has 0 atom stereocenters. The summed E-state index contributed by atoms with van der Waals surface area (Å²) < 4.78 is 40.8. The predicted octanol–water partition coefficient (Wildman–Crippen LogP) is 4.21. The van der Waals surface area contributed by atoms with E-state index in [1.807, 2.05) is 0 Å². The van der Waals surface area contributed by atoms with Crippen molar-refractivity contribution in [2.24, 2.45) is 0 Å². The van der Waals surface area contributed by atoms with Crippen molar-refractivity contribution >= 4 is 33.2 Å². The van der Waals surface area contributed by atoms with Crippen molar-refractivity contribution in [2.45, 2.75) is 31.1 Å². The fourth-order valence-corrected chi connectivity index (χ4v) is 4.98. The minimum absolute atomic E-state index is 0.0681. The van der Waals surface area contributed by atoms with Gasteiger partial charge in [-0.15, -0.1) is 0 Å². The van der Waals surface area contributed by atoms with Crippen LogP contribution in [0.2, 0.25) is 5.02 Å². The lowest BCUT2D eigenvalue weighted by Gasteiger charge is -2.26. The Kier molecular flexibility index (Phi) is 5.83. The summed E-state index contributed by atoms with van der Waals surface area (Å²) in [6, 6.07) is 8.46. The van der Waals surface area contributed by atoms with Crippen molar-refractivity contribution in [2.75, 3.05) is 18.4 Å². The molecule has 1 aliphatic heterocycles. The number of amides is 1. The lowest BCUT2D eigenvalue weighted by Crippen LogP contribution is -2.35. The molecule has 1 N–H and O–H groups in total. The molecule has 1 saturated heterocycles. The highest BCUT2D eigenvalue weighted by molar-refractivity contribution is 7.89. The lowest BCUT2D eigenvalue weighted by atomic mass is 10.2. The number of sulfonamides is 1. The van der Waals surface area contributed by atoms with Gasteiger partial charge in [0, 0.05) is 24.3 Å².